The molecule has 4 nitrogen and oxygen atoms in total. The van der Waals surface area contributed by atoms with E-state index in [0.717, 1.165) is 27.1 Å². The highest BCUT2D eigenvalue weighted by Crippen LogP contribution is 2.38. The minimum absolute atomic E-state index is 0.0320. The summed E-state index contributed by atoms with van der Waals surface area (Å²) in [7, 11) is -1.13. The van der Waals surface area contributed by atoms with Crippen LogP contribution in [0.5, 0.6) is 0 Å². The number of benzene rings is 1. The largest absolute Gasteiger partial charge is 0.511 e. The van der Waals surface area contributed by atoms with Gasteiger partial charge >= 0.3 is 0 Å². The molecule has 0 radical (unpaired) electrons. The Morgan fingerprint density at radius 1 is 1.17 bits per heavy atom. The maximum atomic E-state index is 12.4. The lowest BCUT2D eigenvalue weighted by Crippen LogP contribution is -2.27. The first-order valence-electron chi connectivity index (χ1n) is 8.11. The highest BCUT2D eigenvalue weighted by Gasteiger charge is 2.35. The summed E-state index contributed by atoms with van der Waals surface area (Å²) >= 11 is 0. The lowest BCUT2D eigenvalue weighted by molar-refractivity contribution is -0.124. The van der Waals surface area contributed by atoms with E-state index in [0.29, 0.717) is 0 Å². The fourth-order valence-electron chi connectivity index (χ4n) is 3.83. The van der Waals surface area contributed by atoms with E-state index in [1.807, 2.05) is 26.8 Å². The van der Waals surface area contributed by atoms with Gasteiger partial charge in [-0.2, -0.15) is 0 Å². The van der Waals surface area contributed by atoms with Gasteiger partial charge in [0.2, 0.25) is 0 Å². The highest BCUT2D eigenvalue weighted by molar-refractivity contribution is 7.84. The molecule has 1 N–H and O–H groups in total. The predicted octanol–water partition coefficient (Wildman–Crippen LogP) is 3.59. The molecule has 24 heavy (non-hydrogen) atoms. The quantitative estimate of drug-likeness (QED) is 0.515. The Morgan fingerprint density at radius 2 is 1.71 bits per heavy atom. The average Bonchev–Trinajstić information content (AvgIpc) is 2.45. The van der Waals surface area contributed by atoms with Gasteiger partial charge < -0.3 is 5.11 Å². The molecule has 1 unspecified atom stereocenters. The third-order valence-corrected chi connectivity index (χ3v) is 5.90. The van der Waals surface area contributed by atoms with Crippen LogP contribution < -0.4 is 0 Å². The Bertz CT molecular complexity index is 754. The van der Waals surface area contributed by atoms with Crippen LogP contribution in [0.15, 0.2) is 22.3 Å². The predicted molar refractivity (Wildman–Crippen MR) is 94.9 cm³/mol. The number of rotatable bonds is 3. The Balaban J connectivity index is 2.52. The van der Waals surface area contributed by atoms with Crippen molar-refractivity contribution in [3.8, 4) is 0 Å². The zero-order chi connectivity index (χ0) is 18.2. The first kappa shape index (κ1) is 18.6. The summed E-state index contributed by atoms with van der Waals surface area (Å²) in [5.74, 6) is -0.930. The van der Waals surface area contributed by atoms with Crippen molar-refractivity contribution < 1.29 is 18.9 Å². The fraction of sp³-hybridized carbons (Fsp3) is 0.474. The molecule has 1 aromatic carbocycles. The second-order valence-electron chi connectivity index (χ2n) is 6.46. The standard InChI is InChI=1S/C19H24O4S/c1-6-14(20)18-15(21)8-13(9-16(18)22)17-10(2)7-11(3)19(12(17)4)24(5)23/h7,13,20H,6,8-9H2,1-5H3. The number of Topliss-reactive ketones (excluding diaryl/α,β-unsaturated/α-hetero) is 2. The summed E-state index contributed by atoms with van der Waals surface area (Å²) < 4.78 is 12.1. The van der Waals surface area contributed by atoms with Crippen molar-refractivity contribution in [3.05, 3.63) is 39.7 Å². The number of hydrogen-bond donors (Lipinski definition) is 1. The number of carbonyl (C=O) groups is 2. The van der Waals surface area contributed by atoms with Crippen molar-refractivity contribution >= 4 is 22.4 Å². The van der Waals surface area contributed by atoms with Crippen LogP contribution >= 0.6 is 0 Å². The Kier molecular flexibility index (Phi) is 5.43. The number of aliphatic hydroxyl groups excluding tert-OH is 1. The number of carbonyl (C=O) groups excluding carboxylic acids is 2. The zero-order valence-corrected chi connectivity index (χ0v) is 15.7. The second-order valence-corrected chi connectivity index (χ2v) is 7.78. The van der Waals surface area contributed by atoms with Gasteiger partial charge in [0, 0.05) is 30.4 Å². The average molecular weight is 348 g/mol. The molecule has 2 rings (SSSR count). The topological polar surface area (TPSA) is 71.4 Å². The molecule has 0 bridgehead atoms. The molecule has 5 heteroatoms. The summed E-state index contributed by atoms with van der Waals surface area (Å²) in [6, 6.07) is 1.98. The van der Waals surface area contributed by atoms with Gasteiger partial charge in [-0.25, -0.2) is 0 Å². The molecule has 0 aliphatic heterocycles. The van der Waals surface area contributed by atoms with Crippen molar-refractivity contribution in [2.45, 2.75) is 57.8 Å². The van der Waals surface area contributed by atoms with E-state index in [-0.39, 0.29) is 48.1 Å². The lowest BCUT2D eigenvalue weighted by atomic mass is 9.76. The molecule has 0 spiro atoms. The smallest absolute Gasteiger partial charge is 0.170 e. The van der Waals surface area contributed by atoms with Crippen molar-refractivity contribution in [2.24, 2.45) is 0 Å². The summed E-state index contributed by atoms with van der Waals surface area (Å²) in [5.41, 5.74) is 3.80. The number of ketones is 2. The van der Waals surface area contributed by atoms with E-state index in [4.69, 9.17) is 0 Å². The Morgan fingerprint density at radius 3 is 2.17 bits per heavy atom. The van der Waals surface area contributed by atoms with Crippen molar-refractivity contribution in [3.63, 3.8) is 0 Å². The molecule has 0 heterocycles. The van der Waals surface area contributed by atoms with Gasteiger partial charge in [0.15, 0.2) is 11.6 Å². The van der Waals surface area contributed by atoms with Gasteiger partial charge in [-0.15, -0.1) is 0 Å². The molecule has 1 aromatic rings. The van der Waals surface area contributed by atoms with Crippen LogP contribution in [0.3, 0.4) is 0 Å². The van der Waals surface area contributed by atoms with Crippen LogP contribution in [0.2, 0.25) is 0 Å². The lowest BCUT2D eigenvalue weighted by Gasteiger charge is -2.27. The molecule has 0 amide bonds. The minimum Gasteiger partial charge on any atom is -0.511 e. The zero-order valence-electron chi connectivity index (χ0n) is 14.9. The Hall–Kier alpha value is -1.75. The van der Waals surface area contributed by atoms with Gasteiger partial charge in [-0.1, -0.05) is 13.0 Å². The van der Waals surface area contributed by atoms with E-state index >= 15 is 0 Å². The minimum atomic E-state index is -1.13. The third kappa shape index (κ3) is 3.22. The molecule has 1 aliphatic rings. The number of hydrogen-bond acceptors (Lipinski definition) is 4. The third-order valence-electron chi connectivity index (χ3n) is 4.70. The molecule has 1 atom stereocenters. The molecule has 1 fully saturated rings. The normalized spacial score (nSPS) is 19.5. The van der Waals surface area contributed by atoms with E-state index in [9.17, 15) is 18.9 Å². The number of aryl methyl sites for hydroxylation is 2. The van der Waals surface area contributed by atoms with Crippen molar-refractivity contribution in [1.82, 2.24) is 0 Å². The first-order valence-corrected chi connectivity index (χ1v) is 9.67. The summed E-state index contributed by atoms with van der Waals surface area (Å²) in [4.78, 5) is 25.6. The maximum Gasteiger partial charge on any atom is 0.170 e. The maximum absolute atomic E-state index is 12.4. The van der Waals surface area contributed by atoms with Crippen LogP contribution in [-0.4, -0.2) is 27.1 Å². The molecule has 130 valence electrons. The number of allylic oxidation sites excluding steroid dienone is 2. The fourth-order valence-corrected chi connectivity index (χ4v) is 4.89. The van der Waals surface area contributed by atoms with E-state index in [1.165, 1.54) is 0 Å². The van der Waals surface area contributed by atoms with Gasteiger partial charge in [-0.05, 0) is 48.9 Å². The van der Waals surface area contributed by atoms with Crippen molar-refractivity contribution in [1.29, 1.82) is 0 Å². The first-order chi connectivity index (χ1) is 11.2. The Labute approximate surface area is 145 Å². The van der Waals surface area contributed by atoms with E-state index in [2.05, 4.69) is 0 Å². The van der Waals surface area contributed by atoms with E-state index in [1.54, 1.807) is 13.2 Å². The van der Waals surface area contributed by atoms with E-state index < -0.39 is 10.8 Å². The van der Waals surface area contributed by atoms with Gasteiger partial charge in [0.1, 0.15) is 5.76 Å². The van der Waals surface area contributed by atoms with Gasteiger partial charge in [0.05, 0.1) is 16.4 Å². The molecule has 1 saturated carbocycles. The molecular formula is C19H24O4S. The van der Waals surface area contributed by atoms with Crippen molar-refractivity contribution in [2.75, 3.05) is 6.26 Å². The van der Waals surface area contributed by atoms with Gasteiger partial charge in [-0.3, -0.25) is 13.8 Å². The SMILES string of the molecule is CCC(O)=C1C(=O)CC(c2c(C)cc(C)c(S(C)=O)c2C)CC1=O. The van der Waals surface area contributed by atoms with Crippen LogP contribution in [0.4, 0.5) is 0 Å². The molecule has 0 aromatic heterocycles. The second kappa shape index (κ2) is 7.01. The monoisotopic (exact) mass is 348 g/mol. The summed E-state index contributed by atoms with van der Waals surface area (Å²) in [5, 5.41) is 9.84. The van der Waals surface area contributed by atoms with Gasteiger partial charge in [0.25, 0.3) is 0 Å². The highest BCUT2D eigenvalue weighted by atomic mass is 32.2. The van der Waals surface area contributed by atoms with Crippen LogP contribution in [-0.2, 0) is 20.4 Å². The number of aliphatic hydroxyl groups is 1. The summed E-state index contributed by atoms with van der Waals surface area (Å²) in [6.45, 7) is 7.52. The molecule has 1 aliphatic carbocycles. The molecule has 0 saturated heterocycles. The van der Waals surface area contributed by atoms with Crippen LogP contribution in [0, 0.1) is 20.8 Å². The van der Waals surface area contributed by atoms with Crippen LogP contribution in [0.25, 0.3) is 0 Å². The molecular weight excluding hydrogens is 324 g/mol. The summed E-state index contributed by atoms with van der Waals surface area (Å²) in [6.07, 6.45) is 2.32. The van der Waals surface area contributed by atoms with Crippen LogP contribution in [0.1, 0.15) is 54.4 Å².